The Morgan fingerprint density at radius 1 is 1.42 bits per heavy atom. The van der Waals surface area contributed by atoms with Crippen LogP contribution in [0.1, 0.15) is 38.2 Å². The average Bonchev–Trinajstić information content (AvgIpc) is 3.17. The first-order chi connectivity index (χ1) is 11.6. The number of benzene rings is 1. The highest BCUT2D eigenvalue weighted by atomic mass is 79.9. The maximum atomic E-state index is 12.2. The molecule has 2 aliphatic carbocycles. The van der Waals surface area contributed by atoms with E-state index in [2.05, 4.69) is 28.2 Å². The number of rotatable bonds is 7. The second kappa shape index (κ2) is 7.87. The normalized spacial score (nSPS) is 26.4. The van der Waals surface area contributed by atoms with E-state index in [9.17, 15) is 4.79 Å². The number of carbonyl (C=O) groups excluding carboxylic acids is 1. The summed E-state index contributed by atoms with van der Waals surface area (Å²) in [5.41, 5.74) is 0.904. The van der Waals surface area contributed by atoms with Crippen LogP contribution in [0.3, 0.4) is 0 Å². The molecule has 1 aromatic carbocycles. The van der Waals surface area contributed by atoms with E-state index in [0.717, 1.165) is 21.9 Å². The van der Waals surface area contributed by atoms with Gasteiger partial charge in [-0.2, -0.15) is 0 Å². The molecule has 2 fully saturated rings. The predicted molar refractivity (Wildman–Crippen MR) is 97.0 cm³/mol. The number of fused-ring (bicyclic) bond motifs is 2. The zero-order valence-electron chi connectivity index (χ0n) is 14.1. The van der Waals surface area contributed by atoms with Crippen molar-refractivity contribution in [3.63, 3.8) is 0 Å². The minimum absolute atomic E-state index is 0.0191. The van der Waals surface area contributed by atoms with E-state index in [1.807, 2.05) is 18.2 Å². The third-order valence-corrected chi connectivity index (χ3v) is 6.08. The molecule has 0 spiro atoms. The van der Waals surface area contributed by atoms with E-state index in [0.29, 0.717) is 18.1 Å². The molecule has 2 aliphatic rings. The van der Waals surface area contributed by atoms with Crippen molar-refractivity contribution in [3.8, 4) is 5.75 Å². The number of halogens is 1. The maximum absolute atomic E-state index is 12.2. The van der Waals surface area contributed by atoms with Gasteiger partial charge in [0.25, 0.3) is 5.91 Å². The number of nitrogens with one attached hydrogen (secondary N) is 1. The lowest BCUT2D eigenvalue weighted by Crippen LogP contribution is -2.42. The Balaban J connectivity index is 1.50. The Morgan fingerprint density at radius 3 is 2.92 bits per heavy atom. The summed E-state index contributed by atoms with van der Waals surface area (Å²) in [6, 6.07) is 5.85. The van der Waals surface area contributed by atoms with Gasteiger partial charge in [0.1, 0.15) is 5.75 Å². The molecular weight excluding hydrogens is 370 g/mol. The topological polar surface area (TPSA) is 58.6 Å². The number of aliphatic hydroxyl groups is 1. The van der Waals surface area contributed by atoms with Crippen LogP contribution >= 0.6 is 15.9 Å². The molecule has 2 bridgehead atoms. The number of ether oxygens (including phenoxy) is 1. The third kappa shape index (κ3) is 4.12. The van der Waals surface area contributed by atoms with Gasteiger partial charge in [-0.1, -0.05) is 22.4 Å². The van der Waals surface area contributed by atoms with Crippen molar-refractivity contribution < 1.29 is 14.6 Å². The number of hydrogen-bond donors (Lipinski definition) is 2. The molecule has 1 aromatic rings. The fourth-order valence-corrected chi connectivity index (χ4v) is 4.87. The minimum atomic E-state index is -0.0665. The molecule has 132 valence electrons. The molecule has 4 atom stereocenters. The highest BCUT2D eigenvalue weighted by Crippen LogP contribution is 2.49. The fraction of sp³-hybridized carbons (Fsp3) is 0.632. The highest BCUT2D eigenvalue weighted by molar-refractivity contribution is 9.10. The second-order valence-corrected chi connectivity index (χ2v) is 8.12. The molecule has 0 aliphatic heterocycles. The number of hydrogen-bond acceptors (Lipinski definition) is 3. The molecule has 0 saturated heterocycles. The Kier molecular flexibility index (Phi) is 5.82. The fourth-order valence-electron chi connectivity index (χ4n) is 4.46. The molecule has 0 radical (unpaired) electrons. The summed E-state index contributed by atoms with van der Waals surface area (Å²) in [5.74, 6) is 2.91. The van der Waals surface area contributed by atoms with Gasteiger partial charge in [0, 0.05) is 17.1 Å². The first-order valence-corrected chi connectivity index (χ1v) is 9.67. The van der Waals surface area contributed by atoms with Crippen LogP contribution in [0.4, 0.5) is 0 Å². The van der Waals surface area contributed by atoms with Crippen molar-refractivity contribution in [2.75, 3.05) is 13.2 Å². The molecule has 0 unspecified atom stereocenters. The molecule has 2 N–H and O–H groups in total. The molecule has 5 heteroatoms. The van der Waals surface area contributed by atoms with Crippen LogP contribution in [0.2, 0.25) is 0 Å². The molecule has 2 saturated carbocycles. The maximum Gasteiger partial charge on any atom is 0.258 e. The second-order valence-electron chi connectivity index (χ2n) is 7.21. The van der Waals surface area contributed by atoms with Crippen molar-refractivity contribution in [3.05, 3.63) is 28.2 Å². The van der Waals surface area contributed by atoms with Gasteiger partial charge in [0.15, 0.2) is 6.61 Å². The summed E-state index contributed by atoms with van der Waals surface area (Å²) in [4.78, 5) is 12.2. The SMILES string of the molecule is C[C@H](NC(=O)COc1ccc(Br)cc1CCO)[C@H]1C[C@H]2CC[C@H]1C2. The summed E-state index contributed by atoms with van der Waals surface area (Å²) in [7, 11) is 0. The van der Waals surface area contributed by atoms with Gasteiger partial charge in [0.2, 0.25) is 0 Å². The Bertz CT molecular complexity index is 592. The van der Waals surface area contributed by atoms with Crippen molar-refractivity contribution in [2.24, 2.45) is 17.8 Å². The Hall–Kier alpha value is -1.07. The average molecular weight is 396 g/mol. The lowest BCUT2D eigenvalue weighted by atomic mass is 9.84. The highest BCUT2D eigenvalue weighted by Gasteiger charge is 2.42. The van der Waals surface area contributed by atoms with Crippen molar-refractivity contribution in [2.45, 2.75) is 45.1 Å². The summed E-state index contributed by atoms with van der Waals surface area (Å²) in [5, 5.41) is 12.3. The van der Waals surface area contributed by atoms with Crippen LogP contribution in [0.5, 0.6) is 5.75 Å². The largest absolute Gasteiger partial charge is 0.483 e. The third-order valence-electron chi connectivity index (χ3n) is 5.59. The molecule has 0 aromatic heterocycles. The van der Waals surface area contributed by atoms with E-state index in [1.165, 1.54) is 25.7 Å². The lowest BCUT2D eigenvalue weighted by molar-refractivity contribution is -0.124. The Labute approximate surface area is 152 Å². The van der Waals surface area contributed by atoms with Crippen LogP contribution < -0.4 is 10.1 Å². The van der Waals surface area contributed by atoms with E-state index >= 15 is 0 Å². The van der Waals surface area contributed by atoms with Crippen molar-refractivity contribution in [1.82, 2.24) is 5.32 Å². The zero-order chi connectivity index (χ0) is 17.1. The summed E-state index contributed by atoms with van der Waals surface area (Å²) < 4.78 is 6.63. The van der Waals surface area contributed by atoms with Gasteiger partial charge in [-0.3, -0.25) is 4.79 Å². The molecule has 0 heterocycles. The molecule has 24 heavy (non-hydrogen) atoms. The quantitative estimate of drug-likeness (QED) is 0.744. The number of amides is 1. The standard InChI is InChI=1S/C19H26BrNO3/c1-12(17-9-13-2-3-14(17)8-13)21-19(23)11-24-18-5-4-16(20)10-15(18)6-7-22/h4-5,10,12-14,17,22H,2-3,6-9,11H2,1H3,(H,21,23)/t12-,13-,14-,17+/m0/s1. The van der Waals surface area contributed by atoms with E-state index in [1.54, 1.807) is 0 Å². The lowest BCUT2D eigenvalue weighted by Gasteiger charge is -2.28. The van der Waals surface area contributed by atoms with Gasteiger partial charge in [-0.05, 0) is 74.1 Å². The van der Waals surface area contributed by atoms with Gasteiger partial charge in [-0.15, -0.1) is 0 Å². The molecule has 4 nitrogen and oxygen atoms in total. The van der Waals surface area contributed by atoms with Gasteiger partial charge >= 0.3 is 0 Å². The zero-order valence-corrected chi connectivity index (χ0v) is 15.7. The molecular formula is C19H26BrNO3. The van der Waals surface area contributed by atoms with Crippen molar-refractivity contribution in [1.29, 1.82) is 0 Å². The first-order valence-electron chi connectivity index (χ1n) is 8.88. The van der Waals surface area contributed by atoms with Crippen LogP contribution in [0, 0.1) is 17.8 Å². The summed E-state index contributed by atoms with van der Waals surface area (Å²) in [6.07, 6.45) is 5.83. The first kappa shape index (κ1) is 17.7. The summed E-state index contributed by atoms with van der Waals surface area (Å²) in [6.45, 7) is 2.20. The van der Waals surface area contributed by atoms with E-state index < -0.39 is 0 Å². The predicted octanol–water partition coefficient (Wildman–Crippen LogP) is 3.30. The van der Waals surface area contributed by atoms with Crippen molar-refractivity contribution >= 4 is 21.8 Å². The van der Waals surface area contributed by atoms with E-state index in [4.69, 9.17) is 9.84 Å². The molecule has 1 amide bonds. The summed E-state index contributed by atoms with van der Waals surface area (Å²) >= 11 is 3.42. The van der Waals surface area contributed by atoms with Crippen LogP contribution in [-0.2, 0) is 11.2 Å². The molecule has 3 rings (SSSR count). The monoisotopic (exact) mass is 395 g/mol. The Morgan fingerprint density at radius 2 is 2.25 bits per heavy atom. The number of aliphatic hydroxyl groups excluding tert-OH is 1. The smallest absolute Gasteiger partial charge is 0.258 e. The van der Waals surface area contributed by atoms with Crippen LogP contribution in [0.15, 0.2) is 22.7 Å². The number of carbonyl (C=O) groups is 1. The van der Waals surface area contributed by atoms with Gasteiger partial charge < -0.3 is 15.2 Å². The van der Waals surface area contributed by atoms with Crippen LogP contribution in [0.25, 0.3) is 0 Å². The van der Waals surface area contributed by atoms with Crippen LogP contribution in [-0.4, -0.2) is 30.3 Å². The van der Waals surface area contributed by atoms with Gasteiger partial charge in [0.05, 0.1) is 0 Å². The van der Waals surface area contributed by atoms with E-state index in [-0.39, 0.29) is 25.2 Å². The van der Waals surface area contributed by atoms with Gasteiger partial charge in [-0.25, -0.2) is 0 Å². The minimum Gasteiger partial charge on any atom is -0.483 e.